The van der Waals surface area contributed by atoms with Crippen LogP contribution in [0.1, 0.15) is 38.9 Å². The average molecular weight is 763 g/mol. The summed E-state index contributed by atoms with van der Waals surface area (Å²) in [5.41, 5.74) is 6.62. The van der Waals surface area contributed by atoms with E-state index in [0.29, 0.717) is 60.1 Å². The zero-order valence-corrected chi connectivity index (χ0v) is 31.7. The highest BCUT2D eigenvalue weighted by Gasteiger charge is 2.20. The summed E-state index contributed by atoms with van der Waals surface area (Å²) in [6.45, 7) is 8.49. The van der Waals surface area contributed by atoms with Gasteiger partial charge in [0, 0.05) is 57.1 Å². The first-order chi connectivity index (χ1) is 25.8. The van der Waals surface area contributed by atoms with Gasteiger partial charge in [-0.05, 0) is 89.7 Å². The van der Waals surface area contributed by atoms with Gasteiger partial charge in [0.2, 0.25) is 17.7 Å². The summed E-state index contributed by atoms with van der Waals surface area (Å²) in [5, 5.41) is 9.37. The molecule has 1 saturated heterocycles. The van der Waals surface area contributed by atoms with Gasteiger partial charge in [0.05, 0.1) is 22.9 Å². The lowest BCUT2D eigenvalue weighted by molar-refractivity contribution is -0.127. The van der Waals surface area contributed by atoms with E-state index in [0.717, 1.165) is 47.5 Å². The van der Waals surface area contributed by atoms with Crippen LogP contribution in [0.2, 0.25) is 5.02 Å². The summed E-state index contributed by atoms with van der Waals surface area (Å²) in [6.07, 6.45) is 10.8. The second-order valence-electron chi connectivity index (χ2n) is 12.7. The predicted octanol–water partition coefficient (Wildman–Crippen LogP) is 8.86. The van der Waals surface area contributed by atoms with Crippen LogP contribution in [-0.2, 0) is 17.9 Å². The molecular formula is C43H41Cl2N5O4. The molecule has 11 heteroatoms. The molecule has 0 N–H and O–H groups in total. The molecule has 54 heavy (non-hydrogen) atoms. The Balaban J connectivity index is 0.00000561. The Morgan fingerprint density at radius 3 is 2.22 bits per heavy atom. The molecule has 1 aliphatic rings. The molecule has 1 amide bonds. The number of carbonyl (C=O) groups is 1. The first-order valence-electron chi connectivity index (χ1n) is 17.4. The van der Waals surface area contributed by atoms with E-state index >= 15 is 0 Å². The average Bonchev–Trinajstić information content (AvgIpc) is 3.18. The fourth-order valence-corrected chi connectivity index (χ4v) is 6.00. The largest absolute Gasteiger partial charge is 0.487 e. The third kappa shape index (κ3) is 11.4. The molecule has 1 aliphatic heterocycles. The van der Waals surface area contributed by atoms with E-state index in [9.17, 15) is 4.79 Å². The van der Waals surface area contributed by atoms with E-state index in [4.69, 9.17) is 31.1 Å². The van der Waals surface area contributed by atoms with Crippen molar-refractivity contribution >= 4 is 42.1 Å². The van der Waals surface area contributed by atoms with Gasteiger partial charge in [0.25, 0.3) is 0 Å². The number of piperazine rings is 1. The SMILES string of the molecule is Cc1ccc(OC/C=C/c2ccc(CN3CCN(C(=O)/C=C/c4cc(C)c(Oc5ccc(OCc6ccc(C#N)cc6)cn5)c(Cl)c4)CC3)cc2)nc1.Cl. The van der Waals surface area contributed by atoms with Gasteiger partial charge in [-0.1, -0.05) is 60.1 Å². The van der Waals surface area contributed by atoms with Crippen LogP contribution in [0.5, 0.6) is 23.3 Å². The lowest BCUT2D eigenvalue weighted by Crippen LogP contribution is -2.47. The van der Waals surface area contributed by atoms with Crippen LogP contribution in [0.15, 0.2) is 109 Å². The van der Waals surface area contributed by atoms with Crippen molar-refractivity contribution in [3.8, 4) is 29.3 Å². The van der Waals surface area contributed by atoms with Gasteiger partial charge in [0.15, 0.2) is 5.75 Å². The van der Waals surface area contributed by atoms with Crippen LogP contribution in [-0.4, -0.2) is 58.5 Å². The van der Waals surface area contributed by atoms with Crippen molar-refractivity contribution in [3.05, 3.63) is 153 Å². The zero-order chi connectivity index (χ0) is 37.0. The standard InChI is InChI=1S/C43H40ClN5O4.ClH/c1-31-5-16-40(46-27-31)51-23-3-4-33-6-10-35(11-7-33)29-48-19-21-49(22-20-48)42(50)18-14-37-24-32(2)43(39(44)25-37)53-41-17-15-38(28-47-41)52-30-36-12-8-34(26-45)9-13-36;/h3-18,24-25,27-28H,19-23,29-30H2,1-2H3;1H/b4-3+,18-14+;. The summed E-state index contributed by atoms with van der Waals surface area (Å²) >= 11 is 6.62. The van der Waals surface area contributed by atoms with Gasteiger partial charge >= 0.3 is 0 Å². The Hall–Kier alpha value is -5.66. The van der Waals surface area contributed by atoms with Gasteiger partial charge in [-0.25, -0.2) is 9.97 Å². The molecule has 5 aromatic rings. The van der Waals surface area contributed by atoms with Gasteiger partial charge in [0.1, 0.15) is 19.0 Å². The van der Waals surface area contributed by atoms with Crippen LogP contribution in [0, 0.1) is 25.2 Å². The molecule has 0 aliphatic carbocycles. The topological polar surface area (TPSA) is 101 Å². The number of carbonyl (C=O) groups excluding carboxylic acids is 1. The minimum absolute atomic E-state index is 0. The van der Waals surface area contributed by atoms with Crippen LogP contribution >= 0.6 is 24.0 Å². The number of aryl methyl sites for hydroxylation is 2. The van der Waals surface area contributed by atoms with Crippen LogP contribution in [0.4, 0.5) is 0 Å². The Kier molecular flexibility index (Phi) is 14.2. The highest BCUT2D eigenvalue weighted by Crippen LogP contribution is 2.34. The highest BCUT2D eigenvalue weighted by molar-refractivity contribution is 6.32. The summed E-state index contributed by atoms with van der Waals surface area (Å²) in [4.78, 5) is 25.9. The number of hydrogen-bond donors (Lipinski definition) is 0. The molecule has 0 radical (unpaired) electrons. The second kappa shape index (κ2) is 19.4. The van der Waals surface area contributed by atoms with Crippen molar-refractivity contribution in [2.45, 2.75) is 27.0 Å². The summed E-state index contributed by atoms with van der Waals surface area (Å²) in [6, 6.07) is 28.9. The number of nitriles is 1. The predicted molar refractivity (Wildman–Crippen MR) is 214 cm³/mol. The number of benzene rings is 3. The number of amides is 1. The van der Waals surface area contributed by atoms with Crippen molar-refractivity contribution in [1.82, 2.24) is 19.8 Å². The highest BCUT2D eigenvalue weighted by atomic mass is 35.5. The number of nitrogens with zero attached hydrogens (tertiary/aromatic N) is 5. The molecule has 0 unspecified atom stereocenters. The van der Waals surface area contributed by atoms with Gasteiger partial charge < -0.3 is 19.1 Å². The minimum Gasteiger partial charge on any atom is -0.487 e. The monoisotopic (exact) mass is 761 g/mol. The van der Waals surface area contributed by atoms with Crippen LogP contribution in [0.3, 0.4) is 0 Å². The van der Waals surface area contributed by atoms with E-state index in [1.165, 1.54) is 5.56 Å². The number of ether oxygens (including phenoxy) is 3. The maximum Gasteiger partial charge on any atom is 0.246 e. The summed E-state index contributed by atoms with van der Waals surface area (Å²) in [5.74, 6) is 2.06. The molecule has 6 rings (SSSR count). The number of rotatable bonds is 13. The number of halogens is 2. The first-order valence-corrected chi connectivity index (χ1v) is 17.8. The van der Waals surface area contributed by atoms with E-state index in [1.807, 2.05) is 61.2 Å². The first kappa shape index (κ1) is 39.5. The smallest absolute Gasteiger partial charge is 0.246 e. The summed E-state index contributed by atoms with van der Waals surface area (Å²) in [7, 11) is 0. The van der Waals surface area contributed by atoms with E-state index in [1.54, 1.807) is 54.9 Å². The quantitative estimate of drug-likeness (QED) is 0.110. The zero-order valence-electron chi connectivity index (χ0n) is 30.2. The van der Waals surface area contributed by atoms with Crippen LogP contribution < -0.4 is 14.2 Å². The summed E-state index contributed by atoms with van der Waals surface area (Å²) < 4.78 is 17.5. The molecular weight excluding hydrogens is 721 g/mol. The Labute approximate surface area is 327 Å². The molecule has 3 aromatic carbocycles. The fourth-order valence-electron chi connectivity index (χ4n) is 5.69. The molecule has 0 saturated carbocycles. The molecule has 3 heterocycles. The number of hydrogen-bond acceptors (Lipinski definition) is 8. The van der Waals surface area contributed by atoms with Crippen LogP contribution in [0.25, 0.3) is 12.2 Å². The maximum atomic E-state index is 13.0. The third-order valence-corrected chi connectivity index (χ3v) is 8.95. The van der Waals surface area contributed by atoms with Gasteiger partial charge in [-0.15, -0.1) is 12.4 Å². The van der Waals surface area contributed by atoms with E-state index in [-0.39, 0.29) is 18.3 Å². The molecule has 1 fully saturated rings. The minimum atomic E-state index is -0.0253. The van der Waals surface area contributed by atoms with Gasteiger partial charge in [-0.3, -0.25) is 9.69 Å². The molecule has 0 spiro atoms. The van der Waals surface area contributed by atoms with Crippen molar-refractivity contribution < 1.29 is 19.0 Å². The van der Waals surface area contributed by atoms with Gasteiger partial charge in [-0.2, -0.15) is 5.26 Å². The third-order valence-electron chi connectivity index (χ3n) is 8.67. The van der Waals surface area contributed by atoms with E-state index < -0.39 is 0 Å². The number of pyridine rings is 2. The Bertz CT molecular complexity index is 2070. The Morgan fingerprint density at radius 1 is 0.833 bits per heavy atom. The van der Waals surface area contributed by atoms with E-state index in [2.05, 4.69) is 45.2 Å². The molecule has 2 aromatic heterocycles. The Morgan fingerprint density at radius 2 is 1.56 bits per heavy atom. The second-order valence-corrected chi connectivity index (χ2v) is 13.2. The molecule has 9 nitrogen and oxygen atoms in total. The molecule has 276 valence electrons. The maximum absolute atomic E-state index is 13.0. The molecule has 0 atom stereocenters. The molecule has 0 bridgehead atoms. The lowest BCUT2D eigenvalue weighted by Gasteiger charge is -2.34. The van der Waals surface area contributed by atoms with Crippen molar-refractivity contribution in [1.29, 1.82) is 5.26 Å². The van der Waals surface area contributed by atoms with Crippen molar-refractivity contribution in [3.63, 3.8) is 0 Å². The fraction of sp³-hybridized carbons (Fsp3) is 0.209. The normalized spacial score (nSPS) is 13.0. The van der Waals surface area contributed by atoms with Crippen molar-refractivity contribution in [2.24, 2.45) is 0 Å². The van der Waals surface area contributed by atoms with Crippen molar-refractivity contribution in [2.75, 3.05) is 32.8 Å². The lowest BCUT2D eigenvalue weighted by atomic mass is 10.1. The number of aromatic nitrogens is 2.